The molecule has 0 saturated carbocycles. The normalized spacial score (nSPS) is 12.1. The molecule has 0 radical (unpaired) electrons. The van der Waals surface area contributed by atoms with Crippen LogP contribution in [0.2, 0.25) is 0 Å². The minimum atomic E-state index is -3.79. The molecular weight excluding hydrogens is 470 g/mol. The Hall–Kier alpha value is -3.27. The molecule has 0 aliphatic heterocycles. The van der Waals surface area contributed by atoms with E-state index < -0.39 is 28.5 Å². The van der Waals surface area contributed by atoms with Gasteiger partial charge in [0.05, 0.1) is 26.2 Å². The number of carbonyl (C=O) groups excluding carboxylic acids is 2. The van der Waals surface area contributed by atoms with Gasteiger partial charge in [0, 0.05) is 13.1 Å². The van der Waals surface area contributed by atoms with E-state index in [1.807, 2.05) is 13.8 Å². The average molecular weight is 506 g/mol. The smallest absolute Gasteiger partial charge is 0.244 e. The topological polar surface area (TPSA) is 105 Å². The zero-order chi connectivity index (χ0) is 26.2. The molecule has 2 rings (SSSR count). The molecule has 0 unspecified atom stereocenters. The molecule has 1 N–H and O–H groups in total. The minimum Gasteiger partial charge on any atom is -0.497 e. The fourth-order valence-corrected chi connectivity index (χ4v) is 4.17. The number of carbonyl (C=O) groups is 2. The van der Waals surface area contributed by atoms with Crippen molar-refractivity contribution in [2.45, 2.75) is 33.4 Å². The molecule has 0 bridgehead atoms. The molecule has 2 aromatic carbocycles. The third-order valence-corrected chi connectivity index (χ3v) is 6.54. The number of nitrogens with one attached hydrogen (secondary N) is 1. The Morgan fingerprint density at radius 1 is 0.914 bits per heavy atom. The van der Waals surface area contributed by atoms with Crippen LogP contribution in [-0.2, 0) is 26.2 Å². The number of methoxy groups -OCH3 is 2. The number of ether oxygens (including phenoxy) is 2. The van der Waals surface area contributed by atoms with Crippen LogP contribution in [0.5, 0.6) is 11.5 Å². The molecule has 0 aliphatic rings. The van der Waals surface area contributed by atoms with Gasteiger partial charge in [0.2, 0.25) is 21.8 Å². The Morgan fingerprint density at radius 2 is 1.43 bits per heavy atom. The van der Waals surface area contributed by atoms with Crippen LogP contribution in [0.3, 0.4) is 0 Å². The number of sulfonamides is 1. The Kier molecular flexibility index (Phi) is 9.94. The lowest BCUT2D eigenvalue weighted by molar-refractivity contribution is -0.139. The summed E-state index contributed by atoms with van der Waals surface area (Å²) in [5.74, 6) is 0.653. The molecule has 2 amide bonds. The molecule has 192 valence electrons. The number of amides is 2. The van der Waals surface area contributed by atoms with Crippen molar-refractivity contribution in [3.8, 4) is 11.5 Å². The molecule has 35 heavy (non-hydrogen) atoms. The van der Waals surface area contributed by atoms with E-state index in [0.29, 0.717) is 23.7 Å². The van der Waals surface area contributed by atoms with E-state index in [0.717, 1.165) is 16.1 Å². The van der Waals surface area contributed by atoms with Crippen LogP contribution >= 0.6 is 0 Å². The van der Waals surface area contributed by atoms with Gasteiger partial charge >= 0.3 is 0 Å². The van der Waals surface area contributed by atoms with Crippen molar-refractivity contribution in [2.75, 3.05) is 37.9 Å². The van der Waals surface area contributed by atoms with Gasteiger partial charge in [-0.05, 0) is 54.8 Å². The zero-order valence-electron chi connectivity index (χ0n) is 21.1. The standard InChI is InChI=1S/C25H35N3O6S/c1-18(2)15-26-25(30)19(3)27(16-20-7-11-22(33-4)12-8-20)24(29)17-28(35(6,31)32)21-9-13-23(34-5)14-10-21/h7-14,18-19H,15-17H2,1-6H3,(H,26,30)/t19-/m0/s1. The van der Waals surface area contributed by atoms with Crippen molar-refractivity contribution < 1.29 is 27.5 Å². The highest BCUT2D eigenvalue weighted by Crippen LogP contribution is 2.22. The van der Waals surface area contributed by atoms with E-state index in [1.165, 1.54) is 12.0 Å². The molecule has 0 fully saturated rings. The molecule has 2 aromatic rings. The van der Waals surface area contributed by atoms with Gasteiger partial charge in [-0.1, -0.05) is 26.0 Å². The van der Waals surface area contributed by atoms with Crippen LogP contribution in [0.4, 0.5) is 5.69 Å². The van der Waals surface area contributed by atoms with Crippen LogP contribution < -0.4 is 19.1 Å². The maximum Gasteiger partial charge on any atom is 0.244 e. The zero-order valence-corrected chi connectivity index (χ0v) is 22.0. The van der Waals surface area contributed by atoms with Gasteiger partial charge in [-0.15, -0.1) is 0 Å². The van der Waals surface area contributed by atoms with Crippen LogP contribution in [0.15, 0.2) is 48.5 Å². The van der Waals surface area contributed by atoms with Crippen molar-refractivity contribution in [3.63, 3.8) is 0 Å². The second-order valence-corrected chi connectivity index (χ2v) is 10.6. The Bertz CT molecular complexity index is 1090. The largest absolute Gasteiger partial charge is 0.497 e. The number of anilines is 1. The van der Waals surface area contributed by atoms with Gasteiger partial charge in [0.25, 0.3) is 0 Å². The Morgan fingerprint density at radius 3 is 1.89 bits per heavy atom. The Balaban J connectivity index is 2.35. The first kappa shape index (κ1) is 28.0. The Labute approximate surface area is 208 Å². The predicted molar refractivity (Wildman–Crippen MR) is 136 cm³/mol. The molecule has 0 saturated heterocycles. The lowest BCUT2D eigenvalue weighted by Crippen LogP contribution is -2.51. The third-order valence-electron chi connectivity index (χ3n) is 5.40. The van der Waals surface area contributed by atoms with E-state index in [9.17, 15) is 18.0 Å². The molecule has 0 spiro atoms. The summed E-state index contributed by atoms with van der Waals surface area (Å²) in [6, 6.07) is 12.7. The quantitative estimate of drug-likeness (QED) is 0.476. The molecule has 9 nitrogen and oxygen atoms in total. The number of rotatable bonds is 12. The van der Waals surface area contributed by atoms with E-state index >= 15 is 0 Å². The molecule has 10 heteroatoms. The van der Waals surface area contributed by atoms with Gasteiger partial charge in [0.15, 0.2) is 0 Å². The number of hydrogen-bond acceptors (Lipinski definition) is 6. The SMILES string of the molecule is COc1ccc(CN(C(=O)CN(c2ccc(OC)cc2)S(C)(=O)=O)[C@@H](C)C(=O)NCC(C)C)cc1. The average Bonchev–Trinajstić information content (AvgIpc) is 2.83. The summed E-state index contributed by atoms with van der Waals surface area (Å²) < 4.78 is 36.5. The van der Waals surface area contributed by atoms with Gasteiger partial charge in [-0.25, -0.2) is 8.42 Å². The van der Waals surface area contributed by atoms with Gasteiger partial charge in [0.1, 0.15) is 24.1 Å². The van der Waals surface area contributed by atoms with Crippen molar-refractivity contribution in [1.29, 1.82) is 0 Å². The summed E-state index contributed by atoms with van der Waals surface area (Å²) in [7, 11) is -0.717. The van der Waals surface area contributed by atoms with Crippen molar-refractivity contribution in [3.05, 3.63) is 54.1 Å². The summed E-state index contributed by atoms with van der Waals surface area (Å²) >= 11 is 0. The van der Waals surface area contributed by atoms with Gasteiger partial charge < -0.3 is 19.7 Å². The van der Waals surface area contributed by atoms with Crippen molar-refractivity contribution >= 4 is 27.5 Å². The summed E-state index contributed by atoms with van der Waals surface area (Å²) in [6.07, 6.45) is 1.04. The third kappa shape index (κ3) is 8.17. The summed E-state index contributed by atoms with van der Waals surface area (Å²) in [6.45, 7) is 5.72. The fourth-order valence-electron chi connectivity index (χ4n) is 3.32. The highest BCUT2D eigenvalue weighted by molar-refractivity contribution is 7.92. The van der Waals surface area contributed by atoms with E-state index in [1.54, 1.807) is 62.6 Å². The summed E-state index contributed by atoms with van der Waals surface area (Å²) in [5, 5.41) is 2.85. The lowest BCUT2D eigenvalue weighted by Gasteiger charge is -2.31. The number of hydrogen-bond donors (Lipinski definition) is 1. The molecule has 0 aliphatic carbocycles. The molecule has 1 atom stereocenters. The monoisotopic (exact) mass is 505 g/mol. The van der Waals surface area contributed by atoms with Crippen LogP contribution in [0, 0.1) is 5.92 Å². The van der Waals surface area contributed by atoms with E-state index in [4.69, 9.17) is 9.47 Å². The summed E-state index contributed by atoms with van der Waals surface area (Å²) in [5.41, 5.74) is 1.10. The van der Waals surface area contributed by atoms with Gasteiger partial charge in [-0.2, -0.15) is 0 Å². The molecular formula is C25H35N3O6S. The maximum absolute atomic E-state index is 13.5. The van der Waals surface area contributed by atoms with Crippen LogP contribution in [0.1, 0.15) is 26.3 Å². The first-order valence-electron chi connectivity index (χ1n) is 11.3. The van der Waals surface area contributed by atoms with E-state index in [-0.39, 0.29) is 18.4 Å². The van der Waals surface area contributed by atoms with Crippen molar-refractivity contribution in [1.82, 2.24) is 10.2 Å². The highest BCUT2D eigenvalue weighted by Gasteiger charge is 2.30. The number of benzene rings is 2. The summed E-state index contributed by atoms with van der Waals surface area (Å²) in [4.78, 5) is 27.7. The second-order valence-electron chi connectivity index (χ2n) is 8.65. The maximum atomic E-state index is 13.5. The van der Waals surface area contributed by atoms with Crippen LogP contribution in [-0.4, -0.2) is 64.7 Å². The van der Waals surface area contributed by atoms with E-state index in [2.05, 4.69) is 5.32 Å². The molecule has 0 aromatic heterocycles. The predicted octanol–water partition coefficient (Wildman–Crippen LogP) is 2.66. The first-order chi connectivity index (χ1) is 16.5. The first-order valence-corrected chi connectivity index (χ1v) is 13.1. The second kappa shape index (κ2) is 12.4. The van der Waals surface area contributed by atoms with Crippen LogP contribution in [0.25, 0.3) is 0 Å². The minimum absolute atomic E-state index is 0.124. The molecule has 0 heterocycles. The fraction of sp³-hybridized carbons (Fsp3) is 0.440. The highest BCUT2D eigenvalue weighted by atomic mass is 32.2. The van der Waals surface area contributed by atoms with Gasteiger partial charge in [-0.3, -0.25) is 13.9 Å². The van der Waals surface area contributed by atoms with Crippen molar-refractivity contribution in [2.24, 2.45) is 5.92 Å². The number of nitrogens with zero attached hydrogens (tertiary/aromatic N) is 2. The lowest BCUT2D eigenvalue weighted by atomic mass is 10.1.